The highest BCUT2D eigenvalue weighted by Crippen LogP contribution is 2.48. The first kappa shape index (κ1) is 24.7. The average Bonchev–Trinajstić information content (AvgIpc) is 2.82. The van der Waals surface area contributed by atoms with Crippen LogP contribution in [0.2, 0.25) is 0 Å². The van der Waals surface area contributed by atoms with E-state index in [0.29, 0.717) is 0 Å². The van der Waals surface area contributed by atoms with E-state index in [4.69, 9.17) is 4.74 Å². The normalized spacial score (nSPS) is 19.3. The van der Waals surface area contributed by atoms with E-state index in [2.05, 4.69) is 36.6 Å². The summed E-state index contributed by atoms with van der Waals surface area (Å²) in [6.07, 6.45) is 10.2. The number of aryl methyl sites for hydroxylation is 1. The van der Waals surface area contributed by atoms with Crippen LogP contribution in [-0.2, 0) is 6.42 Å². The van der Waals surface area contributed by atoms with Gasteiger partial charge in [0.05, 0.1) is 7.11 Å². The van der Waals surface area contributed by atoms with E-state index >= 15 is 0 Å². The fourth-order valence-corrected chi connectivity index (χ4v) is 5.75. The second-order valence-corrected chi connectivity index (χ2v) is 12.4. The third-order valence-corrected chi connectivity index (χ3v) is 9.35. The van der Waals surface area contributed by atoms with Gasteiger partial charge in [0.15, 0.2) is 0 Å². The molecule has 32 heavy (non-hydrogen) atoms. The summed E-state index contributed by atoms with van der Waals surface area (Å²) in [4.78, 5) is 3.55. The molecule has 3 nitrogen and oxygen atoms in total. The van der Waals surface area contributed by atoms with E-state index in [1.165, 1.54) is 67.5 Å². The van der Waals surface area contributed by atoms with Crippen molar-refractivity contribution < 1.29 is 9.29 Å². The van der Waals surface area contributed by atoms with Crippen LogP contribution in [0.5, 0.6) is 5.75 Å². The van der Waals surface area contributed by atoms with Gasteiger partial charge in [-0.05, 0) is 73.9 Å². The van der Waals surface area contributed by atoms with Crippen molar-refractivity contribution in [2.75, 3.05) is 32.2 Å². The number of benzene rings is 2. The molecular formula is C28H41NO2S. The van der Waals surface area contributed by atoms with Gasteiger partial charge < -0.3 is 14.2 Å². The summed E-state index contributed by atoms with van der Waals surface area (Å²) in [5.74, 6) is 2.52. The molecule has 0 radical (unpaired) electrons. The highest BCUT2D eigenvalue weighted by molar-refractivity contribution is 8.28. The molecule has 0 aromatic heterocycles. The summed E-state index contributed by atoms with van der Waals surface area (Å²) in [7, 11) is 0.0600. The van der Waals surface area contributed by atoms with Crippen LogP contribution in [0.15, 0.2) is 53.9 Å². The quantitative estimate of drug-likeness (QED) is 0.510. The molecular weight excluding hydrogens is 414 g/mol. The number of rotatable bonds is 5. The third-order valence-electron chi connectivity index (χ3n) is 6.94. The molecule has 1 aliphatic heterocycles. The van der Waals surface area contributed by atoms with E-state index in [9.17, 15) is 4.55 Å². The van der Waals surface area contributed by atoms with Crippen molar-refractivity contribution >= 4 is 16.0 Å². The molecule has 2 aromatic rings. The number of hydrogen-bond acceptors (Lipinski definition) is 3. The smallest absolute Gasteiger partial charge is 0.118 e. The molecule has 1 N–H and O–H groups in total. The molecule has 1 unspecified atom stereocenters. The Hall–Kier alpha value is -1.91. The predicted molar refractivity (Wildman–Crippen MR) is 140 cm³/mol. The van der Waals surface area contributed by atoms with Crippen molar-refractivity contribution in [3.8, 4) is 5.75 Å². The summed E-state index contributed by atoms with van der Waals surface area (Å²) in [6.45, 7) is 10.9. The Morgan fingerprint density at radius 3 is 2.41 bits per heavy atom. The average molecular weight is 456 g/mol. The first-order valence-electron chi connectivity index (χ1n) is 12.0. The van der Waals surface area contributed by atoms with Crippen LogP contribution in [-0.4, -0.2) is 41.7 Å². The van der Waals surface area contributed by atoms with Crippen LogP contribution >= 0.6 is 10.3 Å². The maximum Gasteiger partial charge on any atom is 0.118 e. The number of methoxy groups -OCH3 is 1. The van der Waals surface area contributed by atoms with Gasteiger partial charge in [-0.25, -0.2) is 0 Å². The lowest BCUT2D eigenvalue weighted by atomic mass is 9.87. The first-order valence-corrected chi connectivity index (χ1v) is 14.2. The van der Waals surface area contributed by atoms with Crippen molar-refractivity contribution in [1.29, 1.82) is 0 Å². The lowest BCUT2D eigenvalue weighted by molar-refractivity contribution is 0.262. The van der Waals surface area contributed by atoms with Crippen molar-refractivity contribution in [3.63, 3.8) is 0 Å². The van der Waals surface area contributed by atoms with Crippen molar-refractivity contribution in [2.24, 2.45) is 5.92 Å². The second kappa shape index (κ2) is 11.3. The van der Waals surface area contributed by atoms with Gasteiger partial charge in [0, 0.05) is 29.2 Å². The zero-order valence-electron chi connectivity index (χ0n) is 20.4. The van der Waals surface area contributed by atoms with E-state index in [-0.39, 0.29) is 0 Å². The fraction of sp³-hybridized carbons (Fsp3) is 0.500. The summed E-state index contributed by atoms with van der Waals surface area (Å²) in [6, 6.07) is 14.4. The maximum atomic E-state index is 10.0. The maximum absolute atomic E-state index is 10.0. The molecule has 1 atom stereocenters. The summed E-state index contributed by atoms with van der Waals surface area (Å²) < 4.78 is 15.0. The Balaban J connectivity index is 0.000000195. The van der Waals surface area contributed by atoms with Gasteiger partial charge in [0.25, 0.3) is 0 Å². The SMILES string of the molecule is C=C1c2ccc(C)cc2CCN1CC1CCCCC1.CCS(C)(O)c1ccc(OC)cc1. The van der Waals surface area contributed by atoms with Gasteiger partial charge in [0.1, 0.15) is 5.75 Å². The predicted octanol–water partition coefficient (Wildman–Crippen LogP) is 7.39. The topological polar surface area (TPSA) is 32.7 Å². The van der Waals surface area contributed by atoms with E-state index in [0.717, 1.165) is 28.9 Å². The van der Waals surface area contributed by atoms with Gasteiger partial charge in [0.2, 0.25) is 0 Å². The van der Waals surface area contributed by atoms with E-state index in [1.54, 1.807) is 7.11 Å². The second-order valence-electron chi connectivity index (χ2n) is 9.31. The number of ether oxygens (including phenoxy) is 1. The molecule has 0 spiro atoms. The molecule has 176 valence electrons. The van der Waals surface area contributed by atoms with Crippen molar-refractivity contribution in [1.82, 2.24) is 4.90 Å². The lowest BCUT2D eigenvalue weighted by Gasteiger charge is -2.36. The summed E-state index contributed by atoms with van der Waals surface area (Å²) in [5.41, 5.74) is 5.50. The third kappa shape index (κ3) is 6.32. The van der Waals surface area contributed by atoms with Crippen LogP contribution in [0.25, 0.3) is 5.70 Å². The van der Waals surface area contributed by atoms with Crippen LogP contribution in [0.3, 0.4) is 0 Å². The zero-order chi connectivity index (χ0) is 23.1. The minimum Gasteiger partial charge on any atom is -0.497 e. The number of hydrogen-bond donors (Lipinski definition) is 1. The summed E-state index contributed by atoms with van der Waals surface area (Å²) in [5, 5.41) is 0. The molecule has 1 heterocycles. The van der Waals surface area contributed by atoms with E-state index < -0.39 is 10.3 Å². The fourth-order valence-electron chi connectivity index (χ4n) is 4.69. The highest BCUT2D eigenvalue weighted by Gasteiger charge is 2.23. The Bertz CT molecular complexity index is 885. The lowest BCUT2D eigenvalue weighted by Crippen LogP contribution is -2.34. The van der Waals surface area contributed by atoms with Crippen LogP contribution < -0.4 is 4.74 Å². The number of nitrogens with zero attached hydrogens (tertiary/aromatic N) is 1. The van der Waals surface area contributed by atoms with Crippen LogP contribution in [0.1, 0.15) is 55.7 Å². The van der Waals surface area contributed by atoms with Gasteiger partial charge >= 0.3 is 0 Å². The standard InChI is InChI=1S/C18H25N.C10H16O2S/c1-14-8-9-18-15(2)19(11-10-17(18)12-14)13-16-6-4-3-5-7-16;1-4-13(3,11)10-7-5-9(12-2)6-8-10/h8-9,12,16H,2-7,10-11,13H2,1H3;5-8,11H,4H2,1-3H3. The molecule has 2 aliphatic rings. The highest BCUT2D eigenvalue weighted by atomic mass is 32.3. The van der Waals surface area contributed by atoms with Crippen molar-refractivity contribution in [3.05, 3.63) is 65.7 Å². The molecule has 1 fully saturated rings. The Labute approximate surface area is 197 Å². The number of fused-ring (bicyclic) bond motifs is 1. The molecule has 1 saturated carbocycles. The molecule has 0 saturated heterocycles. The molecule has 0 amide bonds. The van der Waals surface area contributed by atoms with Gasteiger partial charge in [-0.1, -0.05) is 56.5 Å². The van der Waals surface area contributed by atoms with Gasteiger partial charge in [-0.3, -0.25) is 0 Å². The summed E-state index contributed by atoms with van der Waals surface area (Å²) >= 11 is 0. The minimum absolute atomic E-state index is 0.791. The monoisotopic (exact) mass is 455 g/mol. The van der Waals surface area contributed by atoms with Crippen LogP contribution in [0, 0.1) is 12.8 Å². The first-order chi connectivity index (χ1) is 15.3. The molecule has 4 rings (SSSR count). The largest absolute Gasteiger partial charge is 0.497 e. The molecule has 4 heteroatoms. The Kier molecular flexibility index (Phi) is 8.72. The van der Waals surface area contributed by atoms with Gasteiger partial charge in [-0.2, -0.15) is 0 Å². The Morgan fingerprint density at radius 1 is 1.09 bits per heavy atom. The minimum atomic E-state index is -1.58. The molecule has 2 aromatic carbocycles. The van der Waals surface area contributed by atoms with Crippen molar-refractivity contribution in [2.45, 2.75) is 57.3 Å². The van der Waals surface area contributed by atoms with Crippen LogP contribution in [0.4, 0.5) is 0 Å². The van der Waals surface area contributed by atoms with Gasteiger partial charge in [-0.15, -0.1) is 10.3 Å². The Morgan fingerprint density at radius 2 is 1.78 bits per heavy atom. The zero-order valence-corrected chi connectivity index (χ0v) is 21.2. The van der Waals surface area contributed by atoms with E-state index in [1.807, 2.05) is 37.4 Å². The molecule has 0 bridgehead atoms. The molecule has 1 aliphatic carbocycles.